The van der Waals surface area contributed by atoms with Gasteiger partial charge in [0, 0.05) is 12.2 Å². The molecule has 2 N–H and O–H groups in total. The molecular formula is C5H7NO2S. The van der Waals surface area contributed by atoms with Gasteiger partial charge in [-0.05, 0) is 0 Å². The van der Waals surface area contributed by atoms with Crippen molar-refractivity contribution in [3.8, 4) is 0 Å². The van der Waals surface area contributed by atoms with Gasteiger partial charge in [0.05, 0.1) is 0 Å². The maximum Gasteiger partial charge on any atom is 0.213 e. The largest absolute Gasteiger partial charge is 0.315 e. The van der Waals surface area contributed by atoms with Crippen LogP contribution in [-0.2, 0) is 9.59 Å². The summed E-state index contributed by atoms with van der Waals surface area (Å²) in [6, 6.07) is -0.844. The molecule has 4 heteroatoms. The van der Waals surface area contributed by atoms with E-state index in [9.17, 15) is 9.59 Å². The van der Waals surface area contributed by atoms with Gasteiger partial charge in [0.2, 0.25) is 5.12 Å². The first-order chi connectivity index (χ1) is 4.22. The predicted octanol–water partition coefficient (Wildman–Crippen LogP) is -0.454. The molecule has 0 aromatic carbocycles. The molecular weight excluding hydrogens is 138 g/mol. The summed E-state index contributed by atoms with van der Waals surface area (Å²) in [6.07, 6.45) is 0.442. The van der Waals surface area contributed by atoms with Gasteiger partial charge in [0.1, 0.15) is 6.04 Å². The molecule has 9 heavy (non-hydrogen) atoms. The molecule has 1 atom stereocenters. The molecule has 1 aliphatic rings. The van der Waals surface area contributed by atoms with Crippen LogP contribution in [0.25, 0.3) is 0 Å². The van der Waals surface area contributed by atoms with E-state index in [-0.39, 0.29) is 10.9 Å². The molecule has 0 radical (unpaired) electrons. The molecule has 0 aromatic heterocycles. The van der Waals surface area contributed by atoms with E-state index in [0.717, 1.165) is 11.8 Å². The number of Topliss-reactive ketones (excluding diaryl/α,β-unsaturated/α-hetero) is 1. The van der Waals surface area contributed by atoms with E-state index in [4.69, 9.17) is 5.73 Å². The van der Waals surface area contributed by atoms with Gasteiger partial charge in [-0.3, -0.25) is 9.59 Å². The van der Waals surface area contributed by atoms with Crippen molar-refractivity contribution < 1.29 is 9.59 Å². The fourth-order valence-electron chi connectivity index (χ4n) is 0.629. The maximum atomic E-state index is 10.6. The van der Waals surface area contributed by atoms with Gasteiger partial charge in [0.15, 0.2) is 5.78 Å². The normalized spacial score (nSPS) is 28.8. The van der Waals surface area contributed by atoms with E-state index >= 15 is 0 Å². The quantitative estimate of drug-likeness (QED) is 0.469. The van der Waals surface area contributed by atoms with Crippen LogP contribution in [0.3, 0.4) is 0 Å². The van der Waals surface area contributed by atoms with E-state index in [1.807, 2.05) is 0 Å². The van der Waals surface area contributed by atoms with Gasteiger partial charge in [-0.1, -0.05) is 11.8 Å². The molecule has 0 spiro atoms. The molecule has 0 saturated carbocycles. The van der Waals surface area contributed by atoms with Crippen LogP contribution in [0.2, 0.25) is 0 Å². The number of hydrogen-bond donors (Lipinski definition) is 1. The molecule has 0 amide bonds. The van der Waals surface area contributed by atoms with Crippen LogP contribution in [0.1, 0.15) is 6.42 Å². The summed E-state index contributed by atoms with van der Waals surface area (Å²) in [5.74, 6) is 0.476. The summed E-state index contributed by atoms with van der Waals surface area (Å²) >= 11 is 1.15. The fourth-order valence-corrected chi connectivity index (χ4v) is 1.44. The van der Waals surface area contributed by atoms with Crippen molar-refractivity contribution in [2.75, 3.05) is 5.75 Å². The smallest absolute Gasteiger partial charge is 0.213 e. The van der Waals surface area contributed by atoms with Crippen molar-refractivity contribution >= 4 is 22.7 Å². The first-order valence-corrected chi connectivity index (χ1v) is 3.65. The molecule has 1 unspecified atom stereocenters. The van der Waals surface area contributed by atoms with Gasteiger partial charge in [-0.25, -0.2) is 0 Å². The Morgan fingerprint density at radius 1 is 1.56 bits per heavy atom. The Morgan fingerprint density at radius 3 is 2.67 bits per heavy atom. The van der Waals surface area contributed by atoms with Crippen LogP contribution in [0, 0.1) is 0 Å². The second kappa shape index (κ2) is 2.49. The molecule has 0 bridgehead atoms. The third-order valence-corrected chi connectivity index (χ3v) is 2.14. The molecule has 0 aromatic rings. The first-order valence-electron chi connectivity index (χ1n) is 2.67. The average molecular weight is 145 g/mol. The third-order valence-electron chi connectivity index (χ3n) is 1.19. The summed E-state index contributed by atoms with van der Waals surface area (Å²) in [4.78, 5) is 21.3. The molecule has 50 valence electrons. The Labute approximate surface area is 57.0 Å². The van der Waals surface area contributed by atoms with Crippen molar-refractivity contribution in [3.63, 3.8) is 0 Å². The van der Waals surface area contributed by atoms with Crippen LogP contribution in [-0.4, -0.2) is 22.7 Å². The average Bonchev–Trinajstić information content (AvgIpc) is 1.83. The van der Waals surface area contributed by atoms with Crippen LogP contribution in [0.5, 0.6) is 0 Å². The Hall–Kier alpha value is -0.350. The zero-order chi connectivity index (χ0) is 6.85. The highest BCUT2D eigenvalue weighted by Crippen LogP contribution is 2.14. The van der Waals surface area contributed by atoms with Crippen molar-refractivity contribution in [1.82, 2.24) is 0 Å². The van der Waals surface area contributed by atoms with Crippen LogP contribution < -0.4 is 5.73 Å². The Balaban J connectivity index is 2.62. The minimum Gasteiger partial charge on any atom is -0.315 e. The van der Waals surface area contributed by atoms with E-state index in [0.29, 0.717) is 12.2 Å². The van der Waals surface area contributed by atoms with Gasteiger partial charge in [-0.2, -0.15) is 0 Å². The van der Waals surface area contributed by atoms with E-state index < -0.39 is 6.04 Å². The second-order valence-electron chi connectivity index (χ2n) is 1.86. The number of hydrogen-bond acceptors (Lipinski definition) is 4. The lowest BCUT2D eigenvalue weighted by molar-refractivity contribution is -0.125. The predicted molar refractivity (Wildman–Crippen MR) is 35.1 cm³/mol. The van der Waals surface area contributed by atoms with Crippen LogP contribution in [0.15, 0.2) is 0 Å². The maximum absolute atomic E-state index is 10.6. The number of thioether (sulfide) groups is 1. The lowest BCUT2D eigenvalue weighted by Crippen LogP contribution is -2.40. The molecule has 1 aliphatic heterocycles. The van der Waals surface area contributed by atoms with E-state index in [2.05, 4.69) is 0 Å². The van der Waals surface area contributed by atoms with Crippen LogP contribution >= 0.6 is 11.8 Å². The van der Waals surface area contributed by atoms with Gasteiger partial charge < -0.3 is 5.73 Å². The zero-order valence-electron chi connectivity index (χ0n) is 4.79. The highest BCUT2D eigenvalue weighted by Gasteiger charge is 2.26. The Kier molecular flexibility index (Phi) is 1.87. The number of rotatable bonds is 0. The summed E-state index contributed by atoms with van der Waals surface area (Å²) in [5.41, 5.74) is 5.20. The summed E-state index contributed by atoms with van der Waals surface area (Å²) in [5, 5.41) is -0.189. The Bertz CT molecular complexity index is 141. The second-order valence-corrected chi connectivity index (χ2v) is 2.96. The SMILES string of the molecule is NC1C(=O)CCSC1=O. The summed E-state index contributed by atoms with van der Waals surface area (Å²) in [7, 11) is 0. The monoisotopic (exact) mass is 145 g/mol. The molecule has 1 fully saturated rings. The van der Waals surface area contributed by atoms with E-state index in [1.165, 1.54) is 0 Å². The zero-order valence-corrected chi connectivity index (χ0v) is 5.61. The van der Waals surface area contributed by atoms with Gasteiger partial charge in [0.25, 0.3) is 0 Å². The Morgan fingerprint density at radius 2 is 2.22 bits per heavy atom. The summed E-state index contributed by atoms with van der Waals surface area (Å²) < 4.78 is 0. The molecule has 1 rings (SSSR count). The van der Waals surface area contributed by atoms with Crippen molar-refractivity contribution in [2.24, 2.45) is 5.73 Å². The van der Waals surface area contributed by atoms with E-state index in [1.54, 1.807) is 0 Å². The standard InChI is InChI=1S/C5H7NO2S/c6-4-3(7)1-2-9-5(4)8/h4H,1-2,6H2. The fraction of sp³-hybridized carbons (Fsp3) is 0.600. The number of carbonyl (C=O) groups excluding carboxylic acids is 2. The lowest BCUT2D eigenvalue weighted by atomic mass is 10.2. The highest BCUT2D eigenvalue weighted by molar-refractivity contribution is 8.14. The van der Waals surface area contributed by atoms with Gasteiger partial charge in [-0.15, -0.1) is 0 Å². The van der Waals surface area contributed by atoms with Crippen molar-refractivity contribution in [2.45, 2.75) is 12.5 Å². The first kappa shape index (κ1) is 6.77. The van der Waals surface area contributed by atoms with Gasteiger partial charge >= 0.3 is 0 Å². The van der Waals surface area contributed by atoms with Crippen molar-refractivity contribution in [3.05, 3.63) is 0 Å². The van der Waals surface area contributed by atoms with Crippen molar-refractivity contribution in [1.29, 1.82) is 0 Å². The third kappa shape index (κ3) is 1.31. The van der Waals surface area contributed by atoms with Crippen LogP contribution in [0.4, 0.5) is 0 Å². The molecule has 1 saturated heterocycles. The summed E-state index contributed by atoms with van der Waals surface area (Å²) in [6.45, 7) is 0. The molecule has 1 heterocycles. The molecule has 3 nitrogen and oxygen atoms in total. The molecule has 0 aliphatic carbocycles. The minimum absolute atomic E-state index is 0.126. The highest BCUT2D eigenvalue weighted by atomic mass is 32.2. The topological polar surface area (TPSA) is 60.2 Å². The lowest BCUT2D eigenvalue weighted by Gasteiger charge is -2.12. The number of carbonyl (C=O) groups is 2. The number of ketones is 1. The number of nitrogens with two attached hydrogens (primary N) is 1. The minimum atomic E-state index is -0.844.